The molecule has 1 saturated heterocycles. The maximum absolute atomic E-state index is 12.3. The lowest BCUT2D eigenvalue weighted by Crippen LogP contribution is -2.33. The average molecular weight is 576 g/mol. The molecule has 6 atom stereocenters. The largest absolute Gasteiger partial charge is 0.505 e. The van der Waals surface area contributed by atoms with Gasteiger partial charge < -0.3 is 35.6 Å². The van der Waals surface area contributed by atoms with Gasteiger partial charge in [0.1, 0.15) is 35.9 Å². The van der Waals surface area contributed by atoms with Crippen LogP contribution in [0.4, 0.5) is 5.82 Å². The Morgan fingerprint density at radius 3 is 2.55 bits per heavy atom. The highest BCUT2D eigenvalue weighted by atomic mass is 31.3. The molecule has 1 aliphatic rings. The number of fused-ring (bicyclic) bond motifs is 1. The van der Waals surface area contributed by atoms with E-state index in [9.17, 15) is 39.0 Å². The average Bonchev–Trinajstić information content (AvgIpc) is 3.40. The van der Waals surface area contributed by atoms with E-state index in [4.69, 9.17) is 10.5 Å². The third kappa shape index (κ3) is 5.74. The summed E-state index contributed by atoms with van der Waals surface area (Å²) >= 11 is 0. The van der Waals surface area contributed by atoms with Crippen LogP contribution in [0.1, 0.15) is 27.8 Å². The first-order valence-corrected chi connectivity index (χ1v) is 13.6. The van der Waals surface area contributed by atoms with Crippen molar-refractivity contribution in [3.63, 3.8) is 0 Å². The van der Waals surface area contributed by atoms with Crippen LogP contribution in [0.25, 0.3) is 11.2 Å². The maximum Gasteiger partial charge on any atom is 0.481 e. The summed E-state index contributed by atoms with van der Waals surface area (Å²) in [5, 5.41) is 30.6. The number of rotatable bonds is 10. The number of nitrogens with zero attached hydrogens (tertiary/aromatic N) is 5. The van der Waals surface area contributed by atoms with Crippen molar-refractivity contribution in [1.82, 2.24) is 24.5 Å². The van der Waals surface area contributed by atoms with Crippen LogP contribution in [-0.4, -0.2) is 80.8 Å². The molecule has 1 aliphatic heterocycles. The number of anilines is 1. The predicted octanol–water partition coefficient (Wildman–Crippen LogP) is -0.300. The van der Waals surface area contributed by atoms with Crippen molar-refractivity contribution >= 4 is 38.9 Å². The van der Waals surface area contributed by atoms with Gasteiger partial charge in [0, 0.05) is 11.8 Å². The van der Waals surface area contributed by atoms with E-state index < -0.39 is 59.1 Å². The summed E-state index contributed by atoms with van der Waals surface area (Å²) in [6, 6.07) is 0. The zero-order valence-electron chi connectivity index (χ0n) is 19.3. The van der Waals surface area contributed by atoms with Crippen LogP contribution in [0.3, 0.4) is 0 Å². The molecule has 38 heavy (non-hydrogen) atoms. The number of aliphatic hydroxyl groups is 2. The second-order valence-corrected chi connectivity index (χ2v) is 11.0. The number of hydrogen-bond acceptors (Lipinski definition) is 15. The van der Waals surface area contributed by atoms with Crippen molar-refractivity contribution in [2.45, 2.75) is 38.1 Å². The highest BCUT2D eigenvalue weighted by Crippen LogP contribution is 2.61. The maximum atomic E-state index is 12.3. The van der Waals surface area contributed by atoms with Crippen LogP contribution in [-0.2, 0) is 33.8 Å². The minimum absolute atomic E-state index is 0.0634. The summed E-state index contributed by atoms with van der Waals surface area (Å²) < 4.78 is 44.8. The van der Waals surface area contributed by atoms with Gasteiger partial charge in [0.05, 0.1) is 30.8 Å². The molecule has 1 fully saturated rings. The van der Waals surface area contributed by atoms with Crippen LogP contribution in [0.5, 0.6) is 5.75 Å². The highest BCUT2D eigenvalue weighted by Gasteiger charge is 2.46. The number of aromatic nitrogens is 5. The summed E-state index contributed by atoms with van der Waals surface area (Å²) in [5.74, 6) is -0.408. The van der Waals surface area contributed by atoms with Crippen LogP contribution in [0.2, 0.25) is 0 Å². The fourth-order valence-corrected chi connectivity index (χ4v) is 5.61. The fraction of sp³-hybridized carbons (Fsp3) is 0.389. The quantitative estimate of drug-likeness (QED) is 0.133. The van der Waals surface area contributed by atoms with Crippen molar-refractivity contribution < 1.29 is 57.1 Å². The summed E-state index contributed by atoms with van der Waals surface area (Å²) in [7, 11) is -10.6. The Balaban J connectivity index is 1.38. The van der Waals surface area contributed by atoms with Gasteiger partial charge in [-0.2, -0.15) is 4.31 Å². The van der Waals surface area contributed by atoms with Crippen molar-refractivity contribution in [2.75, 3.05) is 12.3 Å². The lowest BCUT2D eigenvalue weighted by Gasteiger charge is -2.19. The number of phosphoric ester groups is 2. The van der Waals surface area contributed by atoms with E-state index in [2.05, 4.69) is 33.3 Å². The fourth-order valence-electron chi connectivity index (χ4n) is 3.55. The molecule has 0 aromatic carbocycles. The standard InChI is InChI=1S/C18H22N6O12P2/c1-8-13(26)10(3-25)9(2-20-8)4-33-37(29,30)36-38(31,32)34-5-11-14(27)15(28)18(35-11)24-7-23-12-16(19)21-6-22-17(12)24/h2-3,6-7,11,14-15,18,26-28H,4-5H2,1H3,(H,29,30)(H,31,32)(H2,19,21,22)/t11-,14-,15-,18-/m1/s1. The third-order valence-electron chi connectivity index (χ3n) is 5.47. The number of carbonyl (C=O) groups excluding carboxylic acids is 1. The third-order valence-corrected chi connectivity index (χ3v) is 8.05. The van der Waals surface area contributed by atoms with Gasteiger partial charge in [-0.15, -0.1) is 0 Å². The zero-order valence-corrected chi connectivity index (χ0v) is 21.1. The molecule has 3 aromatic heterocycles. The number of nitrogens with two attached hydrogens (primary N) is 1. The van der Waals surface area contributed by atoms with E-state index in [-0.39, 0.29) is 40.1 Å². The predicted molar refractivity (Wildman–Crippen MR) is 123 cm³/mol. The second-order valence-electron chi connectivity index (χ2n) is 7.97. The monoisotopic (exact) mass is 576 g/mol. The molecular weight excluding hydrogens is 554 g/mol. The SMILES string of the molecule is Cc1ncc(COP(=O)(O)OP(=O)(O)OC[C@H]2O[C@@H](n3cnc4c(N)ncnc43)[C@H](O)[C@@H]2O)c(C=O)c1O. The molecule has 20 heteroatoms. The molecule has 2 unspecified atom stereocenters. The van der Waals surface area contributed by atoms with Gasteiger partial charge in [0.2, 0.25) is 0 Å². The molecule has 0 spiro atoms. The minimum atomic E-state index is -5.30. The molecule has 4 heterocycles. The zero-order chi connectivity index (χ0) is 27.8. The molecule has 206 valence electrons. The number of aliphatic hydroxyl groups excluding tert-OH is 2. The molecule has 0 aliphatic carbocycles. The number of carbonyl (C=O) groups is 1. The van der Waals surface area contributed by atoms with Gasteiger partial charge in [-0.3, -0.25) is 23.4 Å². The lowest BCUT2D eigenvalue weighted by molar-refractivity contribution is -0.0504. The number of pyridine rings is 1. The summed E-state index contributed by atoms with van der Waals surface area (Å²) in [4.78, 5) is 46.6. The molecule has 0 saturated carbocycles. The van der Waals surface area contributed by atoms with E-state index in [0.717, 1.165) is 12.5 Å². The van der Waals surface area contributed by atoms with Crippen molar-refractivity contribution in [1.29, 1.82) is 0 Å². The van der Waals surface area contributed by atoms with Crippen LogP contribution in [0.15, 0.2) is 18.9 Å². The Morgan fingerprint density at radius 2 is 1.84 bits per heavy atom. The topological polar surface area (TPSA) is 272 Å². The molecule has 4 rings (SSSR count). The lowest BCUT2D eigenvalue weighted by atomic mass is 10.1. The summed E-state index contributed by atoms with van der Waals surface area (Å²) in [5.41, 5.74) is 5.88. The van der Waals surface area contributed by atoms with Crippen LogP contribution in [0, 0.1) is 6.92 Å². The Kier molecular flexibility index (Phi) is 7.92. The Hall–Kier alpha value is -2.89. The van der Waals surface area contributed by atoms with Crippen LogP contribution >= 0.6 is 15.6 Å². The number of aryl methyl sites for hydroxylation is 1. The number of aromatic hydroxyl groups is 1. The molecule has 18 nitrogen and oxygen atoms in total. The van der Waals surface area contributed by atoms with E-state index >= 15 is 0 Å². The van der Waals surface area contributed by atoms with Crippen molar-refractivity contribution in [3.8, 4) is 5.75 Å². The van der Waals surface area contributed by atoms with Gasteiger partial charge in [-0.05, 0) is 6.92 Å². The number of ether oxygens (including phenoxy) is 1. The molecule has 7 N–H and O–H groups in total. The number of hydrogen-bond donors (Lipinski definition) is 6. The Bertz CT molecular complexity index is 1450. The van der Waals surface area contributed by atoms with E-state index in [1.807, 2.05) is 0 Å². The van der Waals surface area contributed by atoms with Crippen molar-refractivity contribution in [3.05, 3.63) is 35.7 Å². The van der Waals surface area contributed by atoms with Gasteiger partial charge in [0.25, 0.3) is 0 Å². The molecule has 0 bridgehead atoms. The highest BCUT2D eigenvalue weighted by molar-refractivity contribution is 7.61. The number of nitrogen functional groups attached to an aromatic ring is 1. The summed E-state index contributed by atoms with van der Waals surface area (Å²) in [6.07, 6.45) is -2.08. The summed E-state index contributed by atoms with van der Waals surface area (Å²) in [6.45, 7) is -0.244. The minimum Gasteiger partial charge on any atom is -0.505 e. The number of aldehydes is 1. The molecule has 0 amide bonds. The molecular formula is C18H22N6O12P2. The number of imidazole rings is 1. The van der Waals surface area contributed by atoms with E-state index in [1.165, 1.54) is 17.8 Å². The first-order chi connectivity index (χ1) is 17.8. The van der Waals surface area contributed by atoms with Gasteiger partial charge in [-0.1, -0.05) is 0 Å². The van der Waals surface area contributed by atoms with Crippen molar-refractivity contribution in [2.24, 2.45) is 0 Å². The van der Waals surface area contributed by atoms with Gasteiger partial charge in [0.15, 0.2) is 24.0 Å². The number of phosphoric acid groups is 2. The van der Waals surface area contributed by atoms with E-state index in [0.29, 0.717) is 0 Å². The van der Waals surface area contributed by atoms with Gasteiger partial charge in [-0.25, -0.2) is 24.1 Å². The smallest absolute Gasteiger partial charge is 0.481 e. The normalized spacial score (nSPS) is 24.8. The molecule has 0 radical (unpaired) electrons. The first kappa shape index (κ1) is 28.1. The van der Waals surface area contributed by atoms with E-state index in [1.54, 1.807) is 0 Å². The first-order valence-electron chi connectivity index (χ1n) is 10.6. The Labute approximate surface area is 212 Å². The van der Waals surface area contributed by atoms with Gasteiger partial charge >= 0.3 is 15.6 Å². The second kappa shape index (κ2) is 10.7. The van der Waals surface area contributed by atoms with Crippen LogP contribution < -0.4 is 5.73 Å². The molecule has 3 aromatic rings. The Morgan fingerprint density at radius 1 is 1.13 bits per heavy atom.